The van der Waals surface area contributed by atoms with Gasteiger partial charge in [-0.3, -0.25) is 4.79 Å². The second kappa shape index (κ2) is 4.35. The quantitative estimate of drug-likeness (QED) is 0.602. The predicted molar refractivity (Wildman–Crippen MR) is 41.0 cm³/mol. The zero-order chi connectivity index (χ0) is 8.48. The summed E-state index contributed by atoms with van der Waals surface area (Å²) in [6.45, 7) is 0. The summed E-state index contributed by atoms with van der Waals surface area (Å²) in [5.41, 5.74) is 10.1. The van der Waals surface area contributed by atoms with Gasteiger partial charge in [-0.15, -0.1) is 0 Å². The van der Waals surface area contributed by atoms with Crippen LogP contribution in [-0.4, -0.2) is 22.7 Å². The summed E-state index contributed by atoms with van der Waals surface area (Å²) in [7, 11) is 0. The number of aliphatic carboxylic acids is 1. The molecule has 2 unspecified atom stereocenters. The van der Waals surface area contributed by atoms with E-state index in [2.05, 4.69) is 0 Å². The van der Waals surface area contributed by atoms with E-state index in [-0.39, 0.29) is 27.1 Å². The molecule has 74 valence electrons. The Bertz CT molecular complexity index is 177. The molecule has 1 saturated carbocycles. The number of rotatable bonds is 1. The maximum atomic E-state index is 10.7. The van der Waals surface area contributed by atoms with Crippen LogP contribution >= 0.6 is 0 Å². The standard InChI is InChI=1S/C7H14N2O2.Pt/c8-5-3-1-2-4-7(5,9)6(10)11;/h5H,1-4,8-9H2,(H,10,11);. The molecule has 1 rings (SSSR count). The Balaban J connectivity index is 0.00000121. The predicted octanol–water partition coefficient (Wildman–Crippen LogP) is -0.333. The Hall–Kier alpha value is 0.0783. The molecule has 0 aliphatic heterocycles. The van der Waals surface area contributed by atoms with E-state index in [1.165, 1.54) is 0 Å². The minimum absolute atomic E-state index is 0. The summed E-state index contributed by atoms with van der Waals surface area (Å²) < 4.78 is 0. The van der Waals surface area contributed by atoms with Crippen LogP contribution in [0.3, 0.4) is 0 Å². The average molecular weight is 353 g/mol. The Labute approximate surface area is 85.9 Å². The minimum atomic E-state index is -1.17. The summed E-state index contributed by atoms with van der Waals surface area (Å²) >= 11 is 0. The molecule has 0 bridgehead atoms. The fraction of sp³-hybridized carbons (Fsp3) is 0.857. The molecular weight excluding hydrogens is 339 g/mol. The fourth-order valence-corrected chi connectivity index (χ4v) is 1.49. The minimum Gasteiger partial charge on any atom is -0.480 e. The van der Waals surface area contributed by atoms with Gasteiger partial charge in [0, 0.05) is 27.1 Å². The van der Waals surface area contributed by atoms with Gasteiger partial charge in [-0.25, -0.2) is 0 Å². The van der Waals surface area contributed by atoms with Crippen molar-refractivity contribution in [3.63, 3.8) is 0 Å². The maximum Gasteiger partial charge on any atom is 0.325 e. The first-order valence-corrected chi connectivity index (χ1v) is 3.85. The smallest absolute Gasteiger partial charge is 0.325 e. The zero-order valence-corrected chi connectivity index (χ0v) is 9.00. The van der Waals surface area contributed by atoms with Crippen molar-refractivity contribution in [2.24, 2.45) is 11.5 Å². The van der Waals surface area contributed by atoms with E-state index in [1.54, 1.807) is 0 Å². The molecule has 2 atom stereocenters. The third-order valence-corrected chi connectivity index (χ3v) is 2.42. The molecule has 1 fully saturated rings. The number of carboxylic acids is 1. The van der Waals surface area contributed by atoms with Crippen LogP contribution in [0.1, 0.15) is 25.7 Å². The van der Waals surface area contributed by atoms with Crippen molar-refractivity contribution in [2.45, 2.75) is 37.3 Å². The number of hydrogen-bond acceptors (Lipinski definition) is 3. The van der Waals surface area contributed by atoms with E-state index in [9.17, 15) is 4.79 Å². The molecule has 12 heavy (non-hydrogen) atoms. The summed E-state index contributed by atoms with van der Waals surface area (Å²) in [5.74, 6) is -0.968. The van der Waals surface area contributed by atoms with E-state index in [4.69, 9.17) is 16.6 Å². The molecule has 0 radical (unpaired) electrons. The van der Waals surface area contributed by atoms with Crippen LogP contribution < -0.4 is 11.5 Å². The van der Waals surface area contributed by atoms with Gasteiger partial charge < -0.3 is 16.6 Å². The van der Waals surface area contributed by atoms with Crippen LogP contribution in [0.25, 0.3) is 0 Å². The van der Waals surface area contributed by atoms with Gasteiger partial charge in [0.15, 0.2) is 0 Å². The first-order chi connectivity index (χ1) is 5.07. The van der Waals surface area contributed by atoms with Gasteiger partial charge in [0.2, 0.25) is 0 Å². The van der Waals surface area contributed by atoms with Crippen molar-refractivity contribution in [3.05, 3.63) is 0 Å². The van der Waals surface area contributed by atoms with Gasteiger partial charge in [0.05, 0.1) is 0 Å². The Morgan fingerprint density at radius 1 is 1.50 bits per heavy atom. The largest absolute Gasteiger partial charge is 0.480 e. The molecule has 0 aromatic rings. The van der Waals surface area contributed by atoms with E-state index < -0.39 is 11.5 Å². The molecule has 1 aliphatic rings. The van der Waals surface area contributed by atoms with E-state index in [0.717, 1.165) is 19.3 Å². The van der Waals surface area contributed by atoms with Crippen molar-refractivity contribution < 1.29 is 31.0 Å². The van der Waals surface area contributed by atoms with Gasteiger partial charge >= 0.3 is 5.97 Å². The first kappa shape index (κ1) is 12.1. The van der Waals surface area contributed by atoms with Crippen molar-refractivity contribution in [1.29, 1.82) is 0 Å². The van der Waals surface area contributed by atoms with Crippen molar-refractivity contribution in [2.75, 3.05) is 0 Å². The third-order valence-electron chi connectivity index (χ3n) is 2.42. The molecule has 4 nitrogen and oxygen atoms in total. The van der Waals surface area contributed by atoms with Gasteiger partial charge in [-0.1, -0.05) is 12.8 Å². The molecule has 0 spiro atoms. The summed E-state index contributed by atoms with van der Waals surface area (Å²) in [6.07, 6.45) is 3.09. The number of carbonyl (C=O) groups is 1. The van der Waals surface area contributed by atoms with Crippen LogP contribution in [0.5, 0.6) is 0 Å². The normalized spacial score (nSPS) is 35.3. The average Bonchev–Trinajstić information content (AvgIpc) is 1.95. The van der Waals surface area contributed by atoms with Crippen molar-refractivity contribution in [3.8, 4) is 0 Å². The van der Waals surface area contributed by atoms with Crippen LogP contribution in [-0.2, 0) is 25.9 Å². The van der Waals surface area contributed by atoms with Crippen LogP contribution in [0.2, 0.25) is 0 Å². The number of hydrogen-bond donors (Lipinski definition) is 3. The van der Waals surface area contributed by atoms with Crippen molar-refractivity contribution in [1.82, 2.24) is 0 Å². The second-order valence-corrected chi connectivity index (χ2v) is 3.20. The molecule has 5 heteroatoms. The monoisotopic (exact) mass is 353 g/mol. The van der Waals surface area contributed by atoms with Gasteiger partial charge in [0.1, 0.15) is 5.54 Å². The summed E-state index contributed by atoms with van der Waals surface area (Å²) in [6, 6.07) is -0.381. The van der Waals surface area contributed by atoms with Crippen LogP contribution in [0.4, 0.5) is 0 Å². The number of nitrogens with two attached hydrogens (primary N) is 2. The Morgan fingerprint density at radius 2 is 2.08 bits per heavy atom. The topological polar surface area (TPSA) is 89.3 Å². The molecule has 1 aliphatic carbocycles. The number of carboxylic acid groups (broad SMARTS) is 1. The SMILES string of the molecule is NC1CCCCC1(N)C(=O)O.[Pt]. The van der Waals surface area contributed by atoms with E-state index in [0.29, 0.717) is 6.42 Å². The summed E-state index contributed by atoms with van der Waals surface area (Å²) in [5, 5.41) is 8.76. The molecule has 0 saturated heterocycles. The van der Waals surface area contributed by atoms with E-state index in [1.807, 2.05) is 0 Å². The van der Waals surface area contributed by atoms with Crippen molar-refractivity contribution >= 4 is 5.97 Å². The maximum absolute atomic E-state index is 10.7. The van der Waals surface area contributed by atoms with Gasteiger partial charge in [0.25, 0.3) is 0 Å². The molecule has 0 aromatic carbocycles. The second-order valence-electron chi connectivity index (χ2n) is 3.20. The molecular formula is C7H14N2O2Pt. The summed E-state index contributed by atoms with van der Waals surface area (Å²) in [4.78, 5) is 10.7. The Morgan fingerprint density at radius 3 is 2.42 bits per heavy atom. The van der Waals surface area contributed by atoms with Gasteiger partial charge in [-0.05, 0) is 12.8 Å². The fourth-order valence-electron chi connectivity index (χ4n) is 1.49. The van der Waals surface area contributed by atoms with Gasteiger partial charge in [-0.2, -0.15) is 0 Å². The first-order valence-electron chi connectivity index (χ1n) is 3.85. The molecule has 0 aromatic heterocycles. The third kappa shape index (κ3) is 2.06. The van der Waals surface area contributed by atoms with Crippen LogP contribution in [0, 0.1) is 0 Å². The molecule has 5 N–H and O–H groups in total. The molecule has 0 heterocycles. The van der Waals surface area contributed by atoms with Crippen LogP contribution in [0.15, 0.2) is 0 Å². The Kier molecular flexibility index (Phi) is 4.38. The zero-order valence-electron chi connectivity index (χ0n) is 6.73. The van der Waals surface area contributed by atoms with E-state index >= 15 is 0 Å². The molecule has 0 amide bonds.